The Bertz CT molecular complexity index is 322. The van der Waals surface area contributed by atoms with Crippen molar-refractivity contribution in [1.29, 1.82) is 0 Å². The third kappa shape index (κ3) is 3.14. The van der Waals surface area contributed by atoms with Crippen LogP contribution < -0.4 is 15.2 Å². The lowest BCUT2D eigenvalue weighted by atomic mass is 10.1. The van der Waals surface area contributed by atoms with Crippen LogP contribution in [0.3, 0.4) is 0 Å². The van der Waals surface area contributed by atoms with E-state index in [0.717, 1.165) is 24.3 Å². The van der Waals surface area contributed by atoms with Gasteiger partial charge in [0.1, 0.15) is 6.10 Å². The molecule has 1 unspecified atom stereocenters. The number of nitrogens with two attached hydrogens (primary N) is 1. The molecule has 0 amide bonds. The molecule has 0 radical (unpaired) electrons. The fourth-order valence-electron chi connectivity index (χ4n) is 1.51. The minimum Gasteiger partial charge on any atom is -0.493 e. The van der Waals surface area contributed by atoms with E-state index in [0.29, 0.717) is 6.54 Å². The molecule has 0 aromatic heterocycles. The Morgan fingerprint density at radius 2 is 2.00 bits per heavy atom. The summed E-state index contributed by atoms with van der Waals surface area (Å²) in [5.74, 6) is 1.56. The Balaban J connectivity index is 2.86. The molecule has 0 spiro atoms. The highest BCUT2D eigenvalue weighted by atomic mass is 16.5. The van der Waals surface area contributed by atoms with Gasteiger partial charge >= 0.3 is 0 Å². The van der Waals surface area contributed by atoms with Crippen molar-refractivity contribution in [3.63, 3.8) is 0 Å². The molecule has 0 aliphatic carbocycles. The molecule has 2 N–H and O–H groups in total. The van der Waals surface area contributed by atoms with Crippen LogP contribution in [0.15, 0.2) is 18.2 Å². The average molecular weight is 223 g/mol. The second-order valence-corrected chi connectivity index (χ2v) is 3.72. The quantitative estimate of drug-likeness (QED) is 0.805. The predicted molar refractivity (Wildman–Crippen MR) is 66.1 cm³/mol. The molecule has 0 aliphatic rings. The second kappa shape index (κ2) is 6.38. The first-order valence-electron chi connectivity index (χ1n) is 5.78. The molecule has 3 heteroatoms. The zero-order valence-electron chi connectivity index (χ0n) is 10.3. The van der Waals surface area contributed by atoms with Gasteiger partial charge in [-0.3, -0.25) is 0 Å². The lowest BCUT2D eigenvalue weighted by Gasteiger charge is -2.18. The monoisotopic (exact) mass is 223 g/mol. The highest BCUT2D eigenvalue weighted by Crippen LogP contribution is 2.29. The Morgan fingerprint density at radius 1 is 1.25 bits per heavy atom. The number of rotatable bonds is 6. The molecule has 1 aromatic rings. The van der Waals surface area contributed by atoms with Gasteiger partial charge in [0.05, 0.1) is 7.11 Å². The highest BCUT2D eigenvalue weighted by molar-refractivity contribution is 5.43. The first-order chi connectivity index (χ1) is 7.74. The Labute approximate surface area is 97.6 Å². The molecule has 0 saturated heterocycles. The summed E-state index contributed by atoms with van der Waals surface area (Å²) in [6, 6.07) is 6.02. The molecule has 0 fully saturated rings. The van der Waals surface area contributed by atoms with Crippen molar-refractivity contribution in [3.8, 4) is 11.5 Å². The topological polar surface area (TPSA) is 44.5 Å². The summed E-state index contributed by atoms with van der Waals surface area (Å²) in [6.45, 7) is 4.70. The van der Waals surface area contributed by atoms with Crippen LogP contribution >= 0.6 is 0 Å². The summed E-state index contributed by atoms with van der Waals surface area (Å²) in [4.78, 5) is 0. The van der Waals surface area contributed by atoms with E-state index in [4.69, 9.17) is 15.2 Å². The first kappa shape index (κ1) is 12.8. The number of aryl methyl sites for hydroxylation is 1. The van der Waals surface area contributed by atoms with Gasteiger partial charge in [-0.05, 0) is 30.5 Å². The highest BCUT2D eigenvalue weighted by Gasteiger charge is 2.10. The number of methoxy groups -OCH3 is 1. The smallest absolute Gasteiger partial charge is 0.161 e. The molecule has 0 aliphatic heterocycles. The van der Waals surface area contributed by atoms with Crippen LogP contribution in [-0.2, 0) is 6.42 Å². The van der Waals surface area contributed by atoms with Gasteiger partial charge in [0.25, 0.3) is 0 Å². The SMILES string of the molecule is CCc1ccc(OC(CC)CN)c(OC)c1. The van der Waals surface area contributed by atoms with Crippen LogP contribution in [0.5, 0.6) is 11.5 Å². The third-order valence-corrected chi connectivity index (χ3v) is 2.65. The van der Waals surface area contributed by atoms with E-state index in [9.17, 15) is 0 Å². The maximum absolute atomic E-state index is 5.78. The van der Waals surface area contributed by atoms with E-state index in [-0.39, 0.29) is 6.10 Å². The lowest BCUT2D eigenvalue weighted by molar-refractivity contribution is 0.196. The molecule has 1 atom stereocenters. The van der Waals surface area contributed by atoms with Crippen LogP contribution in [0.25, 0.3) is 0 Å². The fraction of sp³-hybridized carbons (Fsp3) is 0.538. The molecule has 0 bridgehead atoms. The number of ether oxygens (including phenoxy) is 2. The fourth-order valence-corrected chi connectivity index (χ4v) is 1.51. The van der Waals surface area contributed by atoms with Gasteiger partial charge in [0.2, 0.25) is 0 Å². The van der Waals surface area contributed by atoms with Gasteiger partial charge in [0.15, 0.2) is 11.5 Å². The summed E-state index contributed by atoms with van der Waals surface area (Å²) >= 11 is 0. The zero-order valence-corrected chi connectivity index (χ0v) is 10.3. The van der Waals surface area contributed by atoms with Crippen molar-refractivity contribution >= 4 is 0 Å². The van der Waals surface area contributed by atoms with Crippen LogP contribution in [0.1, 0.15) is 25.8 Å². The van der Waals surface area contributed by atoms with Gasteiger partial charge in [-0.1, -0.05) is 19.9 Å². The van der Waals surface area contributed by atoms with E-state index in [2.05, 4.69) is 19.9 Å². The molecule has 0 heterocycles. The summed E-state index contributed by atoms with van der Waals surface area (Å²) < 4.78 is 11.1. The minimum absolute atomic E-state index is 0.0568. The Hall–Kier alpha value is -1.22. The van der Waals surface area contributed by atoms with Crippen LogP contribution in [0, 0.1) is 0 Å². The summed E-state index contributed by atoms with van der Waals surface area (Å²) in [5.41, 5.74) is 6.85. The van der Waals surface area contributed by atoms with Gasteiger partial charge in [-0.15, -0.1) is 0 Å². The lowest BCUT2D eigenvalue weighted by Crippen LogP contribution is -2.25. The van der Waals surface area contributed by atoms with Crippen LogP contribution in [0.4, 0.5) is 0 Å². The first-order valence-corrected chi connectivity index (χ1v) is 5.78. The second-order valence-electron chi connectivity index (χ2n) is 3.72. The third-order valence-electron chi connectivity index (χ3n) is 2.65. The van der Waals surface area contributed by atoms with Crippen molar-refractivity contribution in [3.05, 3.63) is 23.8 Å². The van der Waals surface area contributed by atoms with Crippen molar-refractivity contribution in [1.82, 2.24) is 0 Å². The van der Waals surface area contributed by atoms with Crippen molar-refractivity contribution in [2.24, 2.45) is 5.73 Å². The standard InChI is InChI=1S/C13H21NO2/c1-4-10-6-7-12(13(8-10)15-3)16-11(5-2)9-14/h6-8,11H,4-5,9,14H2,1-3H3. The maximum Gasteiger partial charge on any atom is 0.161 e. The van der Waals surface area contributed by atoms with Gasteiger partial charge in [-0.2, -0.15) is 0 Å². The minimum atomic E-state index is 0.0568. The molecule has 0 saturated carbocycles. The average Bonchev–Trinajstić information content (AvgIpc) is 2.35. The summed E-state index contributed by atoms with van der Waals surface area (Å²) in [5, 5.41) is 0. The normalized spacial score (nSPS) is 12.2. The Morgan fingerprint density at radius 3 is 2.50 bits per heavy atom. The zero-order chi connectivity index (χ0) is 12.0. The van der Waals surface area contributed by atoms with Crippen molar-refractivity contribution < 1.29 is 9.47 Å². The van der Waals surface area contributed by atoms with E-state index in [1.807, 2.05) is 12.1 Å². The summed E-state index contributed by atoms with van der Waals surface area (Å²) in [7, 11) is 1.66. The van der Waals surface area contributed by atoms with Gasteiger partial charge in [-0.25, -0.2) is 0 Å². The van der Waals surface area contributed by atoms with Crippen molar-refractivity contribution in [2.45, 2.75) is 32.8 Å². The Kier molecular flexibility index (Phi) is 5.12. The molecule has 1 aromatic carbocycles. The number of hydrogen-bond acceptors (Lipinski definition) is 3. The molecule has 1 rings (SSSR count). The molecular weight excluding hydrogens is 202 g/mol. The van der Waals surface area contributed by atoms with Crippen LogP contribution in [-0.4, -0.2) is 19.8 Å². The van der Waals surface area contributed by atoms with E-state index in [1.54, 1.807) is 7.11 Å². The van der Waals surface area contributed by atoms with E-state index >= 15 is 0 Å². The molecule has 3 nitrogen and oxygen atoms in total. The summed E-state index contributed by atoms with van der Waals surface area (Å²) in [6.07, 6.45) is 1.95. The number of hydrogen-bond donors (Lipinski definition) is 1. The van der Waals surface area contributed by atoms with E-state index < -0.39 is 0 Å². The molecule has 90 valence electrons. The van der Waals surface area contributed by atoms with Crippen LogP contribution in [0.2, 0.25) is 0 Å². The molecule has 16 heavy (non-hydrogen) atoms. The van der Waals surface area contributed by atoms with E-state index in [1.165, 1.54) is 5.56 Å². The maximum atomic E-state index is 5.78. The van der Waals surface area contributed by atoms with Gasteiger partial charge < -0.3 is 15.2 Å². The number of benzene rings is 1. The van der Waals surface area contributed by atoms with Gasteiger partial charge in [0, 0.05) is 6.54 Å². The largest absolute Gasteiger partial charge is 0.493 e. The molecular formula is C13H21NO2. The predicted octanol–water partition coefficient (Wildman–Crippen LogP) is 2.37. The van der Waals surface area contributed by atoms with Crippen molar-refractivity contribution in [2.75, 3.05) is 13.7 Å².